The van der Waals surface area contributed by atoms with Crippen molar-refractivity contribution < 1.29 is 14.3 Å². The van der Waals surface area contributed by atoms with Gasteiger partial charge in [-0.1, -0.05) is 29.3 Å². The number of halogens is 2. The molecule has 6 nitrogen and oxygen atoms in total. The zero-order chi connectivity index (χ0) is 18.9. The first-order valence-corrected chi connectivity index (χ1v) is 9.51. The molecule has 0 atom stereocenters. The predicted octanol–water partition coefficient (Wildman–Crippen LogP) is 3.22. The first-order valence-electron chi connectivity index (χ1n) is 8.75. The summed E-state index contributed by atoms with van der Waals surface area (Å²) in [5.74, 6) is 1.25. The lowest BCUT2D eigenvalue weighted by Gasteiger charge is -2.33. The van der Waals surface area contributed by atoms with E-state index in [2.05, 4.69) is 15.2 Å². The molecule has 1 aliphatic heterocycles. The van der Waals surface area contributed by atoms with Crippen molar-refractivity contribution in [2.45, 2.75) is 19.8 Å². The Labute approximate surface area is 164 Å². The third-order valence-electron chi connectivity index (χ3n) is 4.19. The fourth-order valence-corrected chi connectivity index (χ4v) is 3.19. The number of ether oxygens (including phenoxy) is 2. The Kier molecular flexibility index (Phi) is 8.32. The summed E-state index contributed by atoms with van der Waals surface area (Å²) >= 11 is 12.1. The SMILES string of the molecule is CCOC(=O)C1CCN(C(=NC)NCCOc2cccc(Cl)c2Cl)CC1. The van der Waals surface area contributed by atoms with Crippen LogP contribution in [0.3, 0.4) is 0 Å². The summed E-state index contributed by atoms with van der Waals surface area (Å²) < 4.78 is 10.8. The fraction of sp³-hybridized carbons (Fsp3) is 0.556. The molecule has 144 valence electrons. The Bertz CT molecular complexity index is 632. The van der Waals surface area contributed by atoms with E-state index in [0.29, 0.717) is 35.6 Å². The van der Waals surface area contributed by atoms with Crippen LogP contribution in [0.15, 0.2) is 23.2 Å². The molecule has 0 radical (unpaired) electrons. The van der Waals surface area contributed by atoms with Crippen molar-refractivity contribution in [3.8, 4) is 5.75 Å². The number of hydrogen-bond donors (Lipinski definition) is 1. The number of benzene rings is 1. The van der Waals surface area contributed by atoms with E-state index in [-0.39, 0.29) is 11.9 Å². The molecule has 0 aromatic heterocycles. The number of rotatable bonds is 6. The van der Waals surface area contributed by atoms with Crippen LogP contribution in [0.25, 0.3) is 0 Å². The normalized spacial score (nSPS) is 15.7. The Morgan fingerprint density at radius 1 is 1.35 bits per heavy atom. The van der Waals surface area contributed by atoms with Crippen LogP contribution in [-0.2, 0) is 9.53 Å². The molecule has 1 aliphatic rings. The van der Waals surface area contributed by atoms with Gasteiger partial charge in [0, 0.05) is 20.1 Å². The average molecular weight is 402 g/mol. The number of aliphatic imine (C=N–C) groups is 1. The molecule has 0 aliphatic carbocycles. The second-order valence-corrected chi connectivity index (χ2v) is 6.67. The molecule has 1 aromatic carbocycles. The van der Waals surface area contributed by atoms with Crippen molar-refractivity contribution in [2.75, 3.05) is 39.9 Å². The Hall–Kier alpha value is -1.66. The lowest BCUT2D eigenvalue weighted by atomic mass is 9.97. The topological polar surface area (TPSA) is 63.2 Å². The second-order valence-electron chi connectivity index (χ2n) is 5.89. The molecule has 1 N–H and O–H groups in total. The van der Waals surface area contributed by atoms with Crippen LogP contribution < -0.4 is 10.1 Å². The van der Waals surface area contributed by atoms with Gasteiger partial charge in [-0.2, -0.15) is 0 Å². The maximum absolute atomic E-state index is 11.8. The molecule has 8 heteroatoms. The van der Waals surface area contributed by atoms with Gasteiger partial charge < -0.3 is 19.7 Å². The van der Waals surface area contributed by atoms with Crippen LogP contribution in [0.1, 0.15) is 19.8 Å². The molecule has 0 spiro atoms. The van der Waals surface area contributed by atoms with Gasteiger partial charge in [-0.25, -0.2) is 0 Å². The summed E-state index contributed by atoms with van der Waals surface area (Å²) in [6.07, 6.45) is 1.54. The summed E-state index contributed by atoms with van der Waals surface area (Å²) in [6.45, 7) is 4.80. The number of nitrogens with one attached hydrogen (secondary N) is 1. The number of guanidine groups is 1. The lowest BCUT2D eigenvalue weighted by Crippen LogP contribution is -2.47. The molecule has 1 aromatic rings. The van der Waals surface area contributed by atoms with E-state index < -0.39 is 0 Å². The molecule has 0 bridgehead atoms. The summed E-state index contributed by atoms with van der Waals surface area (Å²) in [5.41, 5.74) is 0. The van der Waals surface area contributed by atoms with Gasteiger partial charge in [-0.3, -0.25) is 9.79 Å². The Morgan fingerprint density at radius 3 is 2.73 bits per heavy atom. The number of nitrogens with zero attached hydrogens (tertiary/aromatic N) is 2. The standard InChI is InChI=1S/C18H25Cl2N3O3/c1-3-25-17(24)13-7-10-23(11-8-13)18(21-2)22-9-12-26-15-6-4-5-14(19)16(15)20/h4-6,13H,3,7-12H2,1-2H3,(H,21,22). The van der Waals surface area contributed by atoms with Gasteiger partial charge in [0.1, 0.15) is 17.4 Å². The van der Waals surface area contributed by atoms with E-state index in [1.54, 1.807) is 25.2 Å². The average Bonchev–Trinajstić information content (AvgIpc) is 2.65. The number of carbonyl (C=O) groups excluding carboxylic acids is 1. The van der Waals surface area contributed by atoms with Gasteiger partial charge in [-0.15, -0.1) is 0 Å². The maximum atomic E-state index is 11.8. The highest BCUT2D eigenvalue weighted by atomic mass is 35.5. The smallest absolute Gasteiger partial charge is 0.309 e. The summed E-state index contributed by atoms with van der Waals surface area (Å²) in [5, 5.41) is 4.16. The molecular weight excluding hydrogens is 377 g/mol. The highest BCUT2D eigenvalue weighted by molar-refractivity contribution is 6.42. The van der Waals surface area contributed by atoms with Crippen molar-refractivity contribution in [3.05, 3.63) is 28.2 Å². The maximum Gasteiger partial charge on any atom is 0.309 e. The van der Waals surface area contributed by atoms with Gasteiger partial charge in [0.2, 0.25) is 0 Å². The quantitative estimate of drug-likeness (QED) is 0.343. The van der Waals surface area contributed by atoms with E-state index in [0.717, 1.165) is 31.9 Å². The van der Waals surface area contributed by atoms with Crippen molar-refractivity contribution >= 4 is 35.1 Å². The monoisotopic (exact) mass is 401 g/mol. The molecule has 0 unspecified atom stereocenters. The molecule has 0 amide bonds. The van der Waals surface area contributed by atoms with Crippen LogP contribution in [0.2, 0.25) is 10.0 Å². The zero-order valence-electron chi connectivity index (χ0n) is 15.1. The number of hydrogen-bond acceptors (Lipinski definition) is 4. The van der Waals surface area contributed by atoms with Gasteiger partial charge in [-0.05, 0) is 31.9 Å². The summed E-state index contributed by atoms with van der Waals surface area (Å²) in [6, 6.07) is 5.30. The molecule has 1 saturated heterocycles. The zero-order valence-corrected chi connectivity index (χ0v) is 16.6. The van der Waals surface area contributed by atoms with Crippen molar-refractivity contribution in [1.82, 2.24) is 10.2 Å². The minimum absolute atomic E-state index is 0.0161. The van der Waals surface area contributed by atoms with Gasteiger partial charge in [0.15, 0.2) is 5.96 Å². The van der Waals surface area contributed by atoms with E-state index >= 15 is 0 Å². The van der Waals surface area contributed by atoms with Crippen LogP contribution in [0.4, 0.5) is 0 Å². The van der Waals surface area contributed by atoms with Crippen LogP contribution in [0.5, 0.6) is 5.75 Å². The van der Waals surface area contributed by atoms with Gasteiger partial charge >= 0.3 is 5.97 Å². The second kappa shape index (κ2) is 10.5. The molecule has 1 heterocycles. The van der Waals surface area contributed by atoms with Crippen molar-refractivity contribution in [2.24, 2.45) is 10.9 Å². The minimum Gasteiger partial charge on any atom is -0.490 e. The Balaban J connectivity index is 1.75. The van der Waals surface area contributed by atoms with Crippen molar-refractivity contribution in [3.63, 3.8) is 0 Å². The first-order chi connectivity index (χ1) is 12.6. The third kappa shape index (κ3) is 5.68. The molecule has 2 rings (SSSR count). The molecule has 1 fully saturated rings. The van der Waals surface area contributed by atoms with Crippen LogP contribution in [0, 0.1) is 5.92 Å². The van der Waals surface area contributed by atoms with E-state index in [9.17, 15) is 4.79 Å². The van der Waals surface area contributed by atoms with E-state index in [1.807, 2.05) is 6.92 Å². The highest BCUT2D eigenvalue weighted by Gasteiger charge is 2.27. The summed E-state index contributed by atoms with van der Waals surface area (Å²) in [7, 11) is 1.74. The lowest BCUT2D eigenvalue weighted by molar-refractivity contribution is -0.149. The minimum atomic E-state index is -0.0955. The number of esters is 1. The summed E-state index contributed by atoms with van der Waals surface area (Å²) in [4.78, 5) is 18.3. The van der Waals surface area contributed by atoms with Crippen LogP contribution >= 0.6 is 23.2 Å². The third-order valence-corrected chi connectivity index (χ3v) is 4.99. The fourth-order valence-electron chi connectivity index (χ4n) is 2.84. The molecule has 26 heavy (non-hydrogen) atoms. The predicted molar refractivity (Wildman–Crippen MR) is 104 cm³/mol. The number of likely N-dealkylation sites (tertiary alicyclic amines) is 1. The Morgan fingerprint density at radius 2 is 2.08 bits per heavy atom. The van der Waals surface area contributed by atoms with Crippen molar-refractivity contribution in [1.29, 1.82) is 0 Å². The number of piperidine rings is 1. The molecular formula is C18H25Cl2N3O3. The first kappa shape index (κ1) is 20.6. The largest absolute Gasteiger partial charge is 0.490 e. The van der Waals surface area contributed by atoms with Crippen LogP contribution in [-0.4, -0.2) is 56.7 Å². The molecule has 0 saturated carbocycles. The van der Waals surface area contributed by atoms with Gasteiger partial charge in [0.05, 0.1) is 24.1 Å². The van der Waals surface area contributed by atoms with E-state index in [1.165, 1.54) is 0 Å². The number of carbonyl (C=O) groups is 1. The van der Waals surface area contributed by atoms with Gasteiger partial charge in [0.25, 0.3) is 0 Å². The van der Waals surface area contributed by atoms with E-state index in [4.69, 9.17) is 32.7 Å². The highest BCUT2D eigenvalue weighted by Crippen LogP contribution is 2.31.